The summed E-state index contributed by atoms with van der Waals surface area (Å²) in [4.78, 5) is 0.270. The standard InChI is InChI=1S/C14H19Cl2NO2S/c1-10(2)17(9-11-3-4-11)20(18,19)13-5-6-14(16)12(7-13)8-15/h5-7,10-11H,3-4,8-9H2,1-2H3. The molecule has 112 valence electrons. The number of hydrogen-bond acceptors (Lipinski definition) is 2. The summed E-state index contributed by atoms with van der Waals surface area (Å²) in [6.07, 6.45) is 2.23. The lowest BCUT2D eigenvalue weighted by molar-refractivity contribution is 0.341. The zero-order chi connectivity index (χ0) is 14.9. The van der Waals surface area contributed by atoms with E-state index in [0.29, 0.717) is 23.0 Å². The highest BCUT2D eigenvalue weighted by molar-refractivity contribution is 7.89. The van der Waals surface area contributed by atoms with Gasteiger partial charge in [-0.25, -0.2) is 8.42 Å². The van der Waals surface area contributed by atoms with Crippen molar-refractivity contribution in [2.75, 3.05) is 6.54 Å². The molecule has 1 fully saturated rings. The van der Waals surface area contributed by atoms with Crippen molar-refractivity contribution in [3.05, 3.63) is 28.8 Å². The number of sulfonamides is 1. The van der Waals surface area contributed by atoms with E-state index in [-0.39, 0.29) is 16.8 Å². The minimum absolute atomic E-state index is 0.0595. The Balaban J connectivity index is 2.36. The van der Waals surface area contributed by atoms with E-state index in [1.165, 1.54) is 0 Å². The summed E-state index contributed by atoms with van der Waals surface area (Å²) in [7, 11) is -3.49. The van der Waals surface area contributed by atoms with Crippen molar-refractivity contribution in [2.24, 2.45) is 5.92 Å². The largest absolute Gasteiger partial charge is 0.243 e. The second-order valence-electron chi connectivity index (χ2n) is 5.50. The number of halogens is 2. The molecule has 1 aliphatic carbocycles. The molecule has 3 nitrogen and oxygen atoms in total. The van der Waals surface area contributed by atoms with Crippen LogP contribution >= 0.6 is 23.2 Å². The minimum Gasteiger partial charge on any atom is -0.207 e. The maximum absolute atomic E-state index is 12.8. The van der Waals surface area contributed by atoms with Gasteiger partial charge in [0.15, 0.2) is 0 Å². The fraction of sp³-hybridized carbons (Fsp3) is 0.571. The first kappa shape index (κ1) is 16.1. The normalized spacial score (nSPS) is 16.1. The Bertz CT molecular complexity index is 583. The molecule has 1 aromatic carbocycles. The van der Waals surface area contributed by atoms with Crippen LogP contribution in [0.15, 0.2) is 23.1 Å². The molecule has 1 aromatic rings. The molecule has 20 heavy (non-hydrogen) atoms. The number of rotatable bonds is 6. The third-order valence-corrected chi connectivity index (χ3v) is 6.17. The van der Waals surface area contributed by atoms with Crippen LogP contribution in [0.1, 0.15) is 32.3 Å². The van der Waals surface area contributed by atoms with Crippen LogP contribution in [-0.4, -0.2) is 25.3 Å². The monoisotopic (exact) mass is 335 g/mol. The SMILES string of the molecule is CC(C)N(CC1CC1)S(=O)(=O)c1ccc(Cl)c(CCl)c1. The molecule has 0 saturated heterocycles. The summed E-state index contributed by atoms with van der Waals surface area (Å²) >= 11 is 11.8. The van der Waals surface area contributed by atoms with E-state index in [2.05, 4.69) is 0 Å². The van der Waals surface area contributed by atoms with E-state index in [0.717, 1.165) is 12.8 Å². The molecule has 0 unspecified atom stereocenters. The zero-order valence-electron chi connectivity index (χ0n) is 11.6. The topological polar surface area (TPSA) is 37.4 Å². The molecule has 0 aromatic heterocycles. The molecular formula is C14H19Cl2NO2S. The molecule has 0 bridgehead atoms. The van der Waals surface area contributed by atoms with Crippen molar-refractivity contribution >= 4 is 33.2 Å². The van der Waals surface area contributed by atoms with Gasteiger partial charge in [-0.2, -0.15) is 4.31 Å². The van der Waals surface area contributed by atoms with Gasteiger partial charge < -0.3 is 0 Å². The summed E-state index contributed by atoms with van der Waals surface area (Å²) in [5, 5.41) is 0.497. The Morgan fingerprint density at radius 1 is 1.35 bits per heavy atom. The van der Waals surface area contributed by atoms with Crippen LogP contribution in [-0.2, 0) is 15.9 Å². The first-order valence-corrected chi connectivity index (χ1v) is 9.07. The number of alkyl halides is 1. The van der Waals surface area contributed by atoms with E-state index in [9.17, 15) is 8.42 Å². The van der Waals surface area contributed by atoms with Gasteiger partial charge in [-0.1, -0.05) is 11.6 Å². The van der Waals surface area contributed by atoms with Crippen LogP contribution in [0.2, 0.25) is 5.02 Å². The Labute approximate surface area is 130 Å². The average molecular weight is 336 g/mol. The fourth-order valence-corrected chi connectivity index (χ4v) is 4.33. The minimum atomic E-state index is -3.49. The van der Waals surface area contributed by atoms with Gasteiger partial charge in [0.2, 0.25) is 10.0 Å². The van der Waals surface area contributed by atoms with Crippen LogP contribution in [0, 0.1) is 5.92 Å². The summed E-state index contributed by atoms with van der Waals surface area (Å²) < 4.78 is 27.1. The molecule has 0 amide bonds. The smallest absolute Gasteiger partial charge is 0.207 e. The van der Waals surface area contributed by atoms with Gasteiger partial charge in [0.25, 0.3) is 0 Å². The van der Waals surface area contributed by atoms with Crippen LogP contribution in [0.4, 0.5) is 0 Å². The average Bonchev–Trinajstić information content (AvgIpc) is 3.19. The van der Waals surface area contributed by atoms with Gasteiger partial charge in [0.05, 0.1) is 4.90 Å². The van der Waals surface area contributed by atoms with Crippen molar-refractivity contribution in [1.29, 1.82) is 0 Å². The third kappa shape index (κ3) is 3.48. The Morgan fingerprint density at radius 2 is 2.00 bits per heavy atom. The lowest BCUT2D eigenvalue weighted by atomic mass is 10.2. The Morgan fingerprint density at radius 3 is 2.50 bits per heavy atom. The van der Waals surface area contributed by atoms with Crippen molar-refractivity contribution in [3.63, 3.8) is 0 Å². The van der Waals surface area contributed by atoms with Crippen LogP contribution < -0.4 is 0 Å². The number of hydrogen-bond donors (Lipinski definition) is 0. The first-order chi connectivity index (χ1) is 9.36. The molecular weight excluding hydrogens is 317 g/mol. The maximum Gasteiger partial charge on any atom is 0.243 e. The molecule has 0 N–H and O–H groups in total. The lowest BCUT2D eigenvalue weighted by Crippen LogP contribution is -2.38. The lowest BCUT2D eigenvalue weighted by Gasteiger charge is -2.26. The highest BCUT2D eigenvalue weighted by Gasteiger charge is 2.33. The second kappa shape index (κ2) is 6.22. The zero-order valence-corrected chi connectivity index (χ0v) is 14.0. The van der Waals surface area contributed by atoms with E-state index < -0.39 is 10.0 Å². The van der Waals surface area contributed by atoms with E-state index in [1.807, 2.05) is 13.8 Å². The Kier molecular flexibility index (Phi) is 5.00. The fourth-order valence-electron chi connectivity index (χ4n) is 2.09. The molecule has 0 spiro atoms. The molecule has 0 aliphatic heterocycles. The van der Waals surface area contributed by atoms with Crippen LogP contribution in [0.3, 0.4) is 0 Å². The second-order valence-corrected chi connectivity index (χ2v) is 8.06. The predicted molar refractivity (Wildman–Crippen MR) is 82.8 cm³/mol. The van der Waals surface area contributed by atoms with Gasteiger partial charge in [-0.3, -0.25) is 0 Å². The predicted octanol–water partition coefficient (Wildman–Crippen LogP) is 3.89. The van der Waals surface area contributed by atoms with E-state index >= 15 is 0 Å². The molecule has 2 rings (SSSR count). The molecule has 1 saturated carbocycles. The highest BCUT2D eigenvalue weighted by Crippen LogP contribution is 2.33. The van der Waals surface area contributed by atoms with Crippen molar-refractivity contribution in [2.45, 2.75) is 43.5 Å². The van der Waals surface area contributed by atoms with Gasteiger partial charge in [0, 0.05) is 23.5 Å². The van der Waals surface area contributed by atoms with Crippen molar-refractivity contribution < 1.29 is 8.42 Å². The van der Waals surface area contributed by atoms with Gasteiger partial charge in [-0.05, 0) is 56.4 Å². The molecule has 0 heterocycles. The number of benzene rings is 1. The highest BCUT2D eigenvalue weighted by atomic mass is 35.5. The molecule has 0 radical (unpaired) electrons. The van der Waals surface area contributed by atoms with Gasteiger partial charge >= 0.3 is 0 Å². The van der Waals surface area contributed by atoms with E-state index in [1.54, 1.807) is 22.5 Å². The van der Waals surface area contributed by atoms with Crippen LogP contribution in [0.25, 0.3) is 0 Å². The van der Waals surface area contributed by atoms with Gasteiger partial charge in [0.1, 0.15) is 0 Å². The maximum atomic E-state index is 12.8. The number of nitrogens with zero attached hydrogens (tertiary/aromatic N) is 1. The summed E-state index contributed by atoms with van der Waals surface area (Å²) in [5.74, 6) is 0.707. The molecule has 6 heteroatoms. The summed E-state index contributed by atoms with van der Waals surface area (Å²) in [5.41, 5.74) is 0.643. The van der Waals surface area contributed by atoms with Gasteiger partial charge in [-0.15, -0.1) is 11.6 Å². The Hall–Kier alpha value is -0.290. The van der Waals surface area contributed by atoms with E-state index in [4.69, 9.17) is 23.2 Å². The van der Waals surface area contributed by atoms with Crippen molar-refractivity contribution in [3.8, 4) is 0 Å². The van der Waals surface area contributed by atoms with Crippen molar-refractivity contribution in [1.82, 2.24) is 4.31 Å². The third-order valence-electron chi connectivity index (χ3n) is 3.48. The molecule has 1 aliphatic rings. The van der Waals surface area contributed by atoms with Crippen LogP contribution in [0.5, 0.6) is 0 Å². The summed E-state index contributed by atoms with van der Waals surface area (Å²) in [6.45, 7) is 4.40. The molecule has 0 atom stereocenters. The first-order valence-electron chi connectivity index (χ1n) is 6.72. The quantitative estimate of drug-likeness (QED) is 0.739. The summed E-state index contributed by atoms with van der Waals surface area (Å²) in [6, 6.07) is 4.67.